The van der Waals surface area contributed by atoms with Gasteiger partial charge in [-0.15, -0.1) is 0 Å². The number of hydrogen-bond donors (Lipinski definition) is 1. The van der Waals surface area contributed by atoms with Gasteiger partial charge in [-0.05, 0) is 31.0 Å². The highest BCUT2D eigenvalue weighted by Gasteiger charge is 2.26. The van der Waals surface area contributed by atoms with E-state index in [1.165, 1.54) is 0 Å². The summed E-state index contributed by atoms with van der Waals surface area (Å²) in [5.41, 5.74) is 1.44. The predicted octanol–water partition coefficient (Wildman–Crippen LogP) is 1.02. The van der Waals surface area contributed by atoms with Gasteiger partial charge >= 0.3 is 0 Å². The van der Waals surface area contributed by atoms with E-state index in [9.17, 15) is 9.59 Å². The lowest BCUT2D eigenvalue weighted by molar-refractivity contribution is -0.127. The summed E-state index contributed by atoms with van der Waals surface area (Å²) in [5.74, 6) is 0.835. The summed E-state index contributed by atoms with van der Waals surface area (Å²) < 4.78 is 7.76. The van der Waals surface area contributed by atoms with Gasteiger partial charge < -0.3 is 15.0 Å². The summed E-state index contributed by atoms with van der Waals surface area (Å²) in [6.07, 6.45) is 6.49. The molecule has 1 fully saturated rings. The lowest BCUT2D eigenvalue weighted by Gasteiger charge is -2.15. The van der Waals surface area contributed by atoms with Crippen molar-refractivity contribution in [2.45, 2.75) is 38.3 Å². The number of carbonyl (C=O) groups excluding carboxylic acids is 2. The molecule has 0 spiro atoms. The van der Waals surface area contributed by atoms with Crippen LogP contribution >= 0.6 is 0 Å². The van der Waals surface area contributed by atoms with Gasteiger partial charge in [0.15, 0.2) is 0 Å². The summed E-state index contributed by atoms with van der Waals surface area (Å²) in [5, 5.41) is 7.29. The number of amides is 2. The van der Waals surface area contributed by atoms with Crippen LogP contribution in [-0.2, 0) is 17.8 Å². The minimum absolute atomic E-state index is 0.0185. The van der Waals surface area contributed by atoms with Crippen molar-refractivity contribution in [1.82, 2.24) is 25.0 Å². The van der Waals surface area contributed by atoms with Crippen LogP contribution in [0.4, 0.5) is 0 Å². The Morgan fingerprint density at radius 2 is 2.19 bits per heavy atom. The summed E-state index contributed by atoms with van der Waals surface area (Å²) in [4.78, 5) is 29.7. The van der Waals surface area contributed by atoms with E-state index in [2.05, 4.69) is 15.4 Å². The molecule has 4 heterocycles. The van der Waals surface area contributed by atoms with E-state index in [0.29, 0.717) is 31.7 Å². The highest BCUT2D eigenvalue weighted by molar-refractivity contribution is 5.92. The smallest absolute Gasteiger partial charge is 0.271 e. The standard InChI is InChI=1S/C19H23N5O3/c25-18-3-1-9-23(18)10-2-6-21-19(26)17-12-14-11-16(13-24(14)22-17)27-15-4-7-20-8-5-15/h4-5,7-8,12,16H,1-3,6,9-11,13H2,(H,21,26)/t16-/m0/s1. The van der Waals surface area contributed by atoms with Crippen molar-refractivity contribution >= 4 is 11.8 Å². The zero-order valence-corrected chi connectivity index (χ0v) is 15.1. The number of aromatic nitrogens is 3. The maximum Gasteiger partial charge on any atom is 0.271 e. The summed E-state index contributed by atoms with van der Waals surface area (Å²) in [7, 11) is 0. The van der Waals surface area contributed by atoms with E-state index >= 15 is 0 Å². The summed E-state index contributed by atoms with van der Waals surface area (Å²) in [6.45, 7) is 2.71. The third-order valence-corrected chi connectivity index (χ3v) is 4.92. The molecule has 0 unspecified atom stereocenters. The quantitative estimate of drug-likeness (QED) is 0.736. The topological polar surface area (TPSA) is 89.4 Å². The van der Waals surface area contributed by atoms with Gasteiger partial charge in [-0.2, -0.15) is 5.10 Å². The van der Waals surface area contributed by atoms with Crippen molar-refractivity contribution in [3.63, 3.8) is 0 Å². The Labute approximate surface area is 157 Å². The number of fused-ring (bicyclic) bond motifs is 1. The Hall–Kier alpha value is -2.90. The second-order valence-electron chi connectivity index (χ2n) is 6.92. The van der Waals surface area contributed by atoms with E-state index in [1.54, 1.807) is 12.4 Å². The van der Waals surface area contributed by atoms with Crippen LogP contribution in [0.2, 0.25) is 0 Å². The minimum Gasteiger partial charge on any atom is -0.488 e. The van der Waals surface area contributed by atoms with Crippen molar-refractivity contribution in [2.24, 2.45) is 0 Å². The Morgan fingerprint density at radius 1 is 1.33 bits per heavy atom. The van der Waals surface area contributed by atoms with Crippen LogP contribution in [0.3, 0.4) is 0 Å². The molecule has 0 aromatic carbocycles. The van der Waals surface area contributed by atoms with Crippen LogP contribution in [-0.4, -0.2) is 57.2 Å². The number of rotatable bonds is 7. The third-order valence-electron chi connectivity index (χ3n) is 4.92. The predicted molar refractivity (Wildman–Crippen MR) is 97.3 cm³/mol. The molecule has 142 valence electrons. The molecule has 1 atom stereocenters. The molecule has 8 heteroatoms. The fraction of sp³-hybridized carbons (Fsp3) is 0.474. The number of nitrogens with one attached hydrogen (secondary N) is 1. The maximum absolute atomic E-state index is 12.3. The van der Waals surface area contributed by atoms with Gasteiger partial charge in [0.1, 0.15) is 17.5 Å². The van der Waals surface area contributed by atoms with Gasteiger partial charge in [0.25, 0.3) is 5.91 Å². The first kappa shape index (κ1) is 17.5. The van der Waals surface area contributed by atoms with Gasteiger partial charge in [-0.25, -0.2) is 0 Å². The molecule has 27 heavy (non-hydrogen) atoms. The average molecular weight is 369 g/mol. The van der Waals surface area contributed by atoms with E-state index in [4.69, 9.17) is 4.74 Å². The van der Waals surface area contributed by atoms with Crippen LogP contribution in [0.5, 0.6) is 5.75 Å². The normalized spacial score (nSPS) is 18.6. The first-order chi connectivity index (χ1) is 13.2. The number of ether oxygens (including phenoxy) is 1. The van der Waals surface area contributed by atoms with Gasteiger partial charge in [0.05, 0.1) is 6.54 Å². The second kappa shape index (κ2) is 7.77. The second-order valence-corrected chi connectivity index (χ2v) is 6.92. The number of carbonyl (C=O) groups is 2. The van der Waals surface area contributed by atoms with Crippen LogP contribution in [0.1, 0.15) is 35.4 Å². The van der Waals surface area contributed by atoms with Crippen LogP contribution in [0.15, 0.2) is 30.6 Å². The molecule has 2 aliphatic heterocycles. The zero-order valence-electron chi connectivity index (χ0n) is 15.1. The Kier molecular flexibility index (Phi) is 5.04. The van der Waals surface area contributed by atoms with E-state index in [-0.39, 0.29) is 17.9 Å². The minimum atomic E-state index is -0.170. The number of pyridine rings is 1. The Bertz CT molecular complexity index is 797. The number of hydrogen-bond acceptors (Lipinski definition) is 5. The molecule has 2 aromatic rings. The van der Waals surface area contributed by atoms with Gasteiger partial charge in [0.2, 0.25) is 5.91 Å². The molecule has 1 saturated heterocycles. The monoisotopic (exact) mass is 369 g/mol. The fourth-order valence-corrected chi connectivity index (χ4v) is 3.57. The van der Waals surface area contributed by atoms with Crippen LogP contribution in [0, 0.1) is 0 Å². The SMILES string of the molecule is O=C(NCCCN1CCCC1=O)c1cc2n(n1)C[C@@H](Oc1ccncc1)C2. The highest BCUT2D eigenvalue weighted by atomic mass is 16.5. The molecule has 0 bridgehead atoms. The summed E-state index contributed by atoms with van der Waals surface area (Å²) >= 11 is 0. The molecule has 1 N–H and O–H groups in total. The van der Waals surface area contributed by atoms with Crippen molar-refractivity contribution in [1.29, 1.82) is 0 Å². The molecule has 8 nitrogen and oxygen atoms in total. The van der Waals surface area contributed by atoms with Crippen molar-refractivity contribution < 1.29 is 14.3 Å². The van der Waals surface area contributed by atoms with Crippen molar-refractivity contribution in [2.75, 3.05) is 19.6 Å². The molecule has 0 radical (unpaired) electrons. The van der Waals surface area contributed by atoms with Crippen LogP contribution < -0.4 is 10.1 Å². The largest absolute Gasteiger partial charge is 0.488 e. The first-order valence-electron chi connectivity index (χ1n) is 9.38. The lowest BCUT2D eigenvalue weighted by Crippen LogP contribution is -2.31. The fourth-order valence-electron chi connectivity index (χ4n) is 3.57. The van der Waals surface area contributed by atoms with Gasteiger partial charge in [-0.3, -0.25) is 19.3 Å². The van der Waals surface area contributed by atoms with E-state index < -0.39 is 0 Å². The average Bonchev–Trinajstić information content (AvgIpc) is 3.34. The third kappa shape index (κ3) is 4.10. The molecular formula is C19H23N5O3. The van der Waals surface area contributed by atoms with E-state index in [0.717, 1.165) is 37.3 Å². The molecule has 0 saturated carbocycles. The molecule has 2 amide bonds. The molecule has 4 rings (SSSR count). The van der Waals surface area contributed by atoms with E-state index in [1.807, 2.05) is 27.8 Å². The summed E-state index contributed by atoms with van der Waals surface area (Å²) in [6, 6.07) is 5.49. The first-order valence-corrected chi connectivity index (χ1v) is 9.38. The zero-order chi connectivity index (χ0) is 18.6. The Balaban J connectivity index is 1.23. The lowest BCUT2D eigenvalue weighted by atomic mass is 10.2. The highest BCUT2D eigenvalue weighted by Crippen LogP contribution is 2.21. The van der Waals surface area contributed by atoms with Gasteiger partial charge in [0, 0.05) is 50.6 Å². The maximum atomic E-state index is 12.3. The number of likely N-dealkylation sites (tertiary alicyclic amines) is 1. The Morgan fingerprint density at radius 3 is 2.93 bits per heavy atom. The number of nitrogens with zero attached hydrogens (tertiary/aromatic N) is 4. The molecule has 2 aliphatic rings. The van der Waals surface area contributed by atoms with Gasteiger partial charge in [-0.1, -0.05) is 0 Å². The molecule has 2 aromatic heterocycles. The van der Waals surface area contributed by atoms with Crippen LogP contribution in [0.25, 0.3) is 0 Å². The molecular weight excluding hydrogens is 346 g/mol. The van der Waals surface area contributed by atoms with Crippen molar-refractivity contribution in [3.05, 3.63) is 42.0 Å². The van der Waals surface area contributed by atoms with Crippen molar-refractivity contribution in [3.8, 4) is 5.75 Å². The molecule has 0 aliphatic carbocycles.